The third kappa shape index (κ3) is 2.14. The minimum Gasteiger partial charge on any atom is -0.315 e. The van der Waals surface area contributed by atoms with Gasteiger partial charge < -0.3 is 5.32 Å². The van der Waals surface area contributed by atoms with Crippen LogP contribution in [0.15, 0.2) is 27.8 Å². The van der Waals surface area contributed by atoms with Crippen LogP contribution in [0.2, 0.25) is 0 Å². The molecular formula is C14H14F3N3O2. The fraction of sp³-hybridized carbons (Fsp3) is 0.429. The van der Waals surface area contributed by atoms with Crippen molar-refractivity contribution < 1.29 is 13.2 Å². The van der Waals surface area contributed by atoms with Crippen LogP contribution in [-0.2, 0) is 13.2 Å². The summed E-state index contributed by atoms with van der Waals surface area (Å²) in [4.78, 5) is 24.9. The second-order valence-corrected chi connectivity index (χ2v) is 5.36. The molecule has 2 heterocycles. The summed E-state index contributed by atoms with van der Waals surface area (Å²) in [6.45, 7) is 1.02. The highest BCUT2D eigenvalue weighted by Gasteiger charge is 2.35. The number of hydrogen-bond donors (Lipinski definition) is 1. The zero-order valence-electron chi connectivity index (χ0n) is 11.8. The van der Waals surface area contributed by atoms with Crippen molar-refractivity contribution in [2.24, 2.45) is 7.05 Å². The molecule has 0 amide bonds. The van der Waals surface area contributed by atoms with E-state index >= 15 is 0 Å². The Kier molecular flexibility index (Phi) is 3.36. The Morgan fingerprint density at radius 2 is 2.00 bits per heavy atom. The minimum absolute atomic E-state index is 0.00738. The van der Waals surface area contributed by atoms with Crippen molar-refractivity contribution >= 4 is 10.9 Å². The summed E-state index contributed by atoms with van der Waals surface area (Å²) in [5.74, 6) is 0. The zero-order chi connectivity index (χ0) is 16.1. The first-order valence-electron chi connectivity index (χ1n) is 6.84. The van der Waals surface area contributed by atoms with E-state index in [4.69, 9.17) is 0 Å². The number of aryl methyl sites for hydroxylation is 1. The largest absolute Gasteiger partial charge is 0.417 e. The first kappa shape index (κ1) is 14.8. The number of halogens is 3. The molecule has 1 fully saturated rings. The summed E-state index contributed by atoms with van der Waals surface area (Å²) in [5, 5.41) is 2.55. The molecule has 1 aliphatic heterocycles. The average molecular weight is 313 g/mol. The number of hydrogen-bond acceptors (Lipinski definition) is 3. The second kappa shape index (κ2) is 4.98. The Balaban J connectivity index is 2.45. The molecule has 5 nitrogen and oxygen atoms in total. The third-order valence-corrected chi connectivity index (χ3v) is 4.03. The number of nitrogens with zero attached hydrogens (tertiary/aromatic N) is 2. The number of benzene rings is 1. The van der Waals surface area contributed by atoms with Crippen molar-refractivity contribution in [2.45, 2.75) is 18.6 Å². The number of aromatic nitrogens is 2. The van der Waals surface area contributed by atoms with E-state index in [1.807, 2.05) is 0 Å². The maximum atomic E-state index is 13.2. The molecule has 1 aromatic heterocycles. The smallest absolute Gasteiger partial charge is 0.315 e. The second-order valence-electron chi connectivity index (χ2n) is 5.36. The van der Waals surface area contributed by atoms with Gasteiger partial charge in [-0.3, -0.25) is 13.9 Å². The lowest BCUT2D eigenvalue weighted by Crippen LogP contribution is -2.42. The van der Waals surface area contributed by atoms with Gasteiger partial charge in [0.2, 0.25) is 0 Å². The molecule has 1 aliphatic rings. The van der Waals surface area contributed by atoms with Crippen LogP contribution < -0.4 is 16.6 Å². The number of alkyl halides is 3. The molecule has 0 spiro atoms. The van der Waals surface area contributed by atoms with Crippen LogP contribution in [0.3, 0.4) is 0 Å². The molecule has 22 heavy (non-hydrogen) atoms. The van der Waals surface area contributed by atoms with Crippen LogP contribution in [0.25, 0.3) is 10.9 Å². The molecule has 0 saturated carbocycles. The summed E-state index contributed by atoms with van der Waals surface area (Å²) in [6, 6.07) is 3.00. The highest BCUT2D eigenvalue weighted by atomic mass is 19.4. The van der Waals surface area contributed by atoms with Crippen molar-refractivity contribution in [3.63, 3.8) is 0 Å². The van der Waals surface area contributed by atoms with Crippen LogP contribution in [0.1, 0.15) is 18.0 Å². The van der Waals surface area contributed by atoms with Crippen molar-refractivity contribution in [1.82, 2.24) is 14.5 Å². The van der Waals surface area contributed by atoms with Gasteiger partial charge in [-0.1, -0.05) is 6.07 Å². The topological polar surface area (TPSA) is 56.0 Å². The molecule has 1 saturated heterocycles. The van der Waals surface area contributed by atoms with E-state index < -0.39 is 34.4 Å². The monoisotopic (exact) mass is 313 g/mol. The van der Waals surface area contributed by atoms with Crippen LogP contribution in [0.4, 0.5) is 13.2 Å². The van der Waals surface area contributed by atoms with Crippen molar-refractivity contribution in [3.05, 3.63) is 44.6 Å². The Hall–Kier alpha value is -2.09. The van der Waals surface area contributed by atoms with Gasteiger partial charge in [0.1, 0.15) is 0 Å². The third-order valence-electron chi connectivity index (χ3n) is 4.03. The molecule has 0 aliphatic carbocycles. The van der Waals surface area contributed by atoms with Crippen molar-refractivity contribution in [2.75, 3.05) is 13.1 Å². The van der Waals surface area contributed by atoms with Gasteiger partial charge in [-0.2, -0.15) is 13.2 Å². The maximum absolute atomic E-state index is 13.2. The maximum Gasteiger partial charge on any atom is 0.417 e. The molecular weight excluding hydrogens is 299 g/mol. The first-order chi connectivity index (χ1) is 10.3. The summed E-state index contributed by atoms with van der Waals surface area (Å²) < 4.78 is 41.6. The number of fused-ring (bicyclic) bond motifs is 1. The Morgan fingerprint density at radius 1 is 1.27 bits per heavy atom. The van der Waals surface area contributed by atoms with Gasteiger partial charge in [0.05, 0.1) is 22.5 Å². The summed E-state index contributed by atoms with van der Waals surface area (Å²) in [7, 11) is 1.38. The standard InChI is InChI=1S/C14H14F3N3O2/c1-19-10-4-2-3-9(14(15,16)17)11(10)12(21)20(13(19)22)8-5-6-18-7-8/h2-4,8,18H,5-7H2,1H3. The fourth-order valence-electron chi connectivity index (χ4n) is 2.93. The Labute approximate surface area is 123 Å². The highest BCUT2D eigenvalue weighted by Crippen LogP contribution is 2.33. The van der Waals surface area contributed by atoms with Gasteiger partial charge in [0, 0.05) is 13.6 Å². The summed E-state index contributed by atoms with van der Waals surface area (Å²) in [5.41, 5.74) is -2.48. The molecule has 8 heteroatoms. The van der Waals surface area contributed by atoms with Gasteiger partial charge in [-0.15, -0.1) is 0 Å². The van der Waals surface area contributed by atoms with E-state index in [2.05, 4.69) is 5.32 Å². The lowest BCUT2D eigenvalue weighted by molar-refractivity contribution is -0.136. The van der Waals surface area contributed by atoms with Crippen LogP contribution in [0.5, 0.6) is 0 Å². The molecule has 0 radical (unpaired) electrons. The number of nitrogens with one attached hydrogen (secondary N) is 1. The normalized spacial score (nSPS) is 19.0. The lowest BCUT2D eigenvalue weighted by Gasteiger charge is -2.17. The van der Waals surface area contributed by atoms with Gasteiger partial charge >= 0.3 is 11.9 Å². The number of rotatable bonds is 1. The van der Waals surface area contributed by atoms with Gasteiger partial charge in [0.25, 0.3) is 5.56 Å². The predicted octanol–water partition coefficient (Wildman–Crippen LogP) is 1.25. The molecule has 1 N–H and O–H groups in total. The van der Waals surface area contributed by atoms with Crippen LogP contribution in [-0.4, -0.2) is 22.2 Å². The van der Waals surface area contributed by atoms with Crippen LogP contribution in [0, 0.1) is 0 Å². The Bertz CT molecular complexity index is 845. The summed E-state index contributed by atoms with van der Waals surface area (Å²) >= 11 is 0. The summed E-state index contributed by atoms with van der Waals surface area (Å²) in [6.07, 6.45) is -4.11. The predicted molar refractivity (Wildman–Crippen MR) is 75.0 cm³/mol. The molecule has 3 rings (SSSR count). The van der Waals surface area contributed by atoms with Crippen LogP contribution >= 0.6 is 0 Å². The van der Waals surface area contributed by atoms with Gasteiger partial charge in [-0.25, -0.2) is 4.79 Å². The van der Waals surface area contributed by atoms with E-state index in [0.717, 1.165) is 15.2 Å². The quantitative estimate of drug-likeness (QED) is 0.862. The molecule has 1 aromatic carbocycles. The average Bonchev–Trinajstić information content (AvgIpc) is 2.97. The van der Waals surface area contributed by atoms with E-state index in [-0.39, 0.29) is 5.52 Å². The fourth-order valence-corrected chi connectivity index (χ4v) is 2.93. The van der Waals surface area contributed by atoms with Gasteiger partial charge in [-0.05, 0) is 25.1 Å². The SMILES string of the molecule is Cn1c(=O)n(C2CCNC2)c(=O)c2c(C(F)(F)F)cccc21. The Morgan fingerprint density at radius 3 is 2.59 bits per heavy atom. The van der Waals surface area contributed by atoms with Gasteiger partial charge in [0.15, 0.2) is 0 Å². The minimum atomic E-state index is -4.65. The molecule has 0 bridgehead atoms. The molecule has 118 valence electrons. The first-order valence-corrected chi connectivity index (χ1v) is 6.84. The van der Waals surface area contributed by atoms with E-state index in [1.165, 1.54) is 19.2 Å². The van der Waals surface area contributed by atoms with Crippen molar-refractivity contribution in [3.8, 4) is 0 Å². The van der Waals surface area contributed by atoms with E-state index in [0.29, 0.717) is 19.5 Å². The molecule has 1 unspecified atom stereocenters. The zero-order valence-corrected chi connectivity index (χ0v) is 11.8. The lowest BCUT2D eigenvalue weighted by atomic mass is 10.1. The highest BCUT2D eigenvalue weighted by molar-refractivity contribution is 5.82. The van der Waals surface area contributed by atoms with E-state index in [9.17, 15) is 22.8 Å². The van der Waals surface area contributed by atoms with Crippen molar-refractivity contribution in [1.29, 1.82) is 0 Å². The molecule has 2 aromatic rings. The molecule has 1 atom stereocenters. The van der Waals surface area contributed by atoms with E-state index in [1.54, 1.807) is 0 Å².